The molecule has 2 unspecified atom stereocenters. The first-order chi connectivity index (χ1) is 28.7. The van der Waals surface area contributed by atoms with Gasteiger partial charge in [-0.2, -0.15) is 0 Å². The van der Waals surface area contributed by atoms with Gasteiger partial charge in [0.25, 0.3) is 0 Å². The van der Waals surface area contributed by atoms with Crippen molar-refractivity contribution in [1.29, 1.82) is 0 Å². The number of ether oxygens (including phenoxy) is 3. The van der Waals surface area contributed by atoms with E-state index in [2.05, 4.69) is 23.0 Å². The number of amides is 2. The van der Waals surface area contributed by atoms with Gasteiger partial charge in [-0.3, -0.25) is 20.9 Å². The first kappa shape index (κ1) is 53.4. The van der Waals surface area contributed by atoms with E-state index in [1.165, 1.54) is 57.8 Å². The van der Waals surface area contributed by atoms with E-state index in [0.29, 0.717) is 37.1 Å². The maximum Gasteiger partial charge on any atom is 0.407 e. The molecule has 1 saturated heterocycles. The molecule has 346 valence electrons. The normalized spacial score (nSPS) is 21.8. The summed E-state index contributed by atoms with van der Waals surface area (Å²) in [5.41, 5.74) is 9.72. The van der Waals surface area contributed by atoms with Crippen LogP contribution < -0.4 is 27.6 Å². The van der Waals surface area contributed by atoms with Crippen LogP contribution in [-0.2, 0) is 30.4 Å². The molecule has 12 N–H and O–H groups in total. The van der Waals surface area contributed by atoms with Gasteiger partial charge in [0.15, 0.2) is 12.1 Å². The summed E-state index contributed by atoms with van der Waals surface area (Å²) in [4.78, 5) is 39.1. The van der Waals surface area contributed by atoms with Crippen LogP contribution in [0.15, 0.2) is 24.3 Å². The van der Waals surface area contributed by atoms with E-state index in [9.17, 15) is 39.9 Å². The summed E-state index contributed by atoms with van der Waals surface area (Å²) in [6.45, 7) is 7.21. The number of hydrogen-bond donors (Lipinski definition) is 10. The maximum atomic E-state index is 13.2. The second-order valence-corrected chi connectivity index (χ2v) is 16.9. The number of unbranched alkanes of at least 4 members (excludes halogenated alkanes) is 11. The van der Waals surface area contributed by atoms with Crippen LogP contribution in [0.3, 0.4) is 0 Å². The zero-order chi connectivity index (χ0) is 44.5. The summed E-state index contributed by atoms with van der Waals surface area (Å²) in [6, 6.07) is 5.01. The minimum Gasteiger partial charge on any atom is -0.445 e. The average Bonchev–Trinajstić information content (AvgIpc) is 3.23. The molecular weight excluding hydrogens is 775 g/mol. The summed E-state index contributed by atoms with van der Waals surface area (Å²) in [5.74, 6) is 4.00. The number of carbonyl (C=O) groups is 3. The molecule has 0 bridgehead atoms. The lowest BCUT2D eigenvalue weighted by Gasteiger charge is -2.40. The smallest absolute Gasteiger partial charge is 0.407 e. The van der Waals surface area contributed by atoms with Crippen LogP contribution in [0.25, 0.3) is 0 Å². The molecule has 10 atom stereocenters. The Kier molecular flexibility index (Phi) is 27.0. The lowest BCUT2D eigenvalue weighted by Crippen LogP contribution is -2.60. The minimum absolute atomic E-state index is 0.0121. The maximum absolute atomic E-state index is 13.2. The first-order valence-corrected chi connectivity index (χ1v) is 22.4. The van der Waals surface area contributed by atoms with Crippen LogP contribution >= 0.6 is 0 Å². The van der Waals surface area contributed by atoms with Crippen LogP contribution in [0.5, 0.6) is 0 Å². The van der Waals surface area contributed by atoms with Gasteiger partial charge >= 0.3 is 6.09 Å². The molecular formula is C44H79N5O11. The third kappa shape index (κ3) is 20.0. The summed E-state index contributed by atoms with van der Waals surface area (Å²) in [5, 5.41) is 57.4. The van der Waals surface area contributed by atoms with Crippen molar-refractivity contribution in [1.82, 2.24) is 10.7 Å². The molecule has 1 aliphatic heterocycles. The molecule has 1 fully saturated rings. The van der Waals surface area contributed by atoms with Gasteiger partial charge in [0.1, 0.15) is 31.0 Å². The molecule has 2 amide bonds. The fourth-order valence-electron chi connectivity index (χ4n) is 7.30. The van der Waals surface area contributed by atoms with Gasteiger partial charge in [-0.15, -0.1) is 0 Å². The van der Waals surface area contributed by atoms with Crippen LogP contribution in [-0.4, -0.2) is 112 Å². The Hall–Kier alpha value is -2.77. The highest BCUT2D eigenvalue weighted by Crippen LogP contribution is 2.24. The number of anilines is 1. The fraction of sp³-hybridized carbons (Fsp3) is 0.795. The first-order valence-electron chi connectivity index (χ1n) is 22.4. The van der Waals surface area contributed by atoms with Crippen molar-refractivity contribution in [2.75, 3.05) is 25.1 Å². The van der Waals surface area contributed by atoms with E-state index in [4.69, 9.17) is 25.8 Å². The van der Waals surface area contributed by atoms with Crippen LogP contribution in [0.4, 0.5) is 10.5 Å². The van der Waals surface area contributed by atoms with Crippen molar-refractivity contribution in [3.05, 3.63) is 29.8 Å². The second-order valence-electron chi connectivity index (χ2n) is 16.9. The Morgan fingerprint density at radius 1 is 0.833 bits per heavy atom. The van der Waals surface area contributed by atoms with E-state index in [1.807, 2.05) is 20.8 Å². The van der Waals surface area contributed by atoms with E-state index in [1.54, 1.807) is 24.3 Å². The standard InChI is InChI=1S/C44H79N5O11/c1-5-6-7-8-9-10-11-12-13-14-15-16-18-30(4)38(52)34(28-58-43-41(55)40(54)39(53)36(26-50)60-43)49-44(57)59-27-31-20-22-33(23-21-31)48-42(56)32(19-17-24-47-46)25-35(51)37(45)29(2)3/h20-23,29-30,32,34,36-41,43,47,50,52-55H,5-19,24-28,45-46H2,1-4H3,(H,48,56)(H,49,57)/t30-,32-,34+,36?,37+,38-,39+,40+,41?,43+/m1/s1. The number of benzene rings is 1. The lowest BCUT2D eigenvalue weighted by atomic mass is 9.90. The Morgan fingerprint density at radius 2 is 1.43 bits per heavy atom. The summed E-state index contributed by atoms with van der Waals surface area (Å²) in [7, 11) is 0. The molecule has 16 nitrogen and oxygen atoms in total. The number of hydrogen-bond acceptors (Lipinski definition) is 14. The van der Waals surface area contributed by atoms with Gasteiger partial charge in [0.05, 0.1) is 31.4 Å². The zero-order valence-electron chi connectivity index (χ0n) is 36.6. The van der Waals surface area contributed by atoms with Crippen molar-refractivity contribution >= 4 is 23.5 Å². The molecule has 2 rings (SSSR count). The van der Waals surface area contributed by atoms with Crippen LogP contribution in [0.1, 0.15) is 136 Å². The molecule has 0 radical (unpaired) electrons. The number of ketones is 1. The van der Waals surface area contributed by atoms with E-state index < -0.39 is 67.5 Å². The topological polar surface area (TPSA) is 268 Å². The second kappa shape index (κ2) is 30.3. The number of nitrogens with two attached hydrogens (primary N) is 2. The number of alkyl carbamates (subject to hydrolysis) is 1. The molecule has 1 aromatic carbocycles. The van der Waals surface area contributed by atoms with Gasteiger partial charge in [-0.1, -0.05) is 117 Å². The Balaban J connectivity index is 1.97. The van der Waals surface area contributed by atoms with Crippen molar-refractivity contribution in [3.63, 3.8) is 0 Å². The summed E-state index contributed by atoms with van der Waals surface area (Å²) >= 11 is 0. The molecule has 0 spiro atoms. The van der Waals surface area contributed by atoms with Crippen molar-refractivity contribution < 1.29 is 54.1 Å². The third-order valence-corrected chi connectivity index (χ3v) is 11.5. The number of aliphatic hydroxyl groups excluding tert-OH is 5. The summed E-state index contributed by atoms with van der Waals surface area (Å²) < 4.78 is 16.7. The molecule has 60 heavy (non-hydrogen) atoms. The van der Waals surface area contributed by atoms with Crippen molar-refractivity contribution in [3.8, 4) is 0 Å². The molecule has 1 aliphatic rings. The highest BCUT2D eigenvalue weighted by atomic mass is 16.7. The number of hydrazine groups is 1. The van der Waals surface area contributed by atoms with Gasteiger partial charge in [-0.05, 0) is 48.8 Å². The fourth-order valence-corrected chi connectivity index (χ4v) is 7.30. The van der Waals surface area contributed by atoms with Gasteiger partial charge in [0.2, 0.25) is 5.91 Å². The Bertz CT molecular complexity index is 1320. The van der Waals surface area contributed by atoms with Crippen LogP contribution in [0, 0.1) is 17.8 Å². The number of Topliss-reactive ketones (excluding diaryl/α,β-unsaturated/α-hetero) is 1. The Morgan fingerprint density at radius 3 is 2.00 bits per heavy atom. The zero-order valence-corrected chi connectivity index (χ0v) is 36.6. The van der Waals surface area contributed by atoms with Gasteiger partial charge < -0.3 is 56.1 Å². The van der Waals surface area contributed by atoms with E-state index in [0.717, 1.165) is 19.3 Å². The molecule has 0 aliphatic carbocycles. The van der Waals surface area contributed by atoms with Gasteiger partial charge in [0, 0.05) is 24.6 Å². The minimum atomic E-state index is -1.65. The highest BCUT2D eigenvalue weighted by molar-refractivity contribution is 5.96. The number of carbonyl (C=O) groups excluding carboxylic acids is 3. The summed E-state index contributed by atoms with van der Waals surface area (Å²) in [6.07, 6.45) is 6.85. The molecule has 1 aromatic rings. The highest BCUT2D eigenvalue weighted by Gasteiger charge is 2.44. The van der Waals surface area contributed by atoms with E-state index in [-0.39, 0.29) is 43.2 Å². The molecule has 0 aromatic heterocycles. The van der Waals surface area contributed by atoms with Crippen molar-refractivity contribution in [2.24, 2.45) is 29.3 Å². The number of aliphatic hydroxyl groups is 5. The third-order valence-electron chi connectivity index (χ3n) is 11.5. The van der Waals surface area contributed by atoms with Gasteiger partial charge in [-0.25, -0.2) is 4.79 Å². The largest absolute Gasteiger partial charge is 0.445 e. The van der Waals surface area contributed by atoms with Crippen LogP contribution in [0.2, 0.25) is 0 Å². The van der Waals surface area contributed by atoms with E-state index >= 15 is 0 Å². The van der Waals surface area contributed by atoms with Crippen molar-refractivity contribution in [2.45, 2.75) is 186 Å². The Labute approximate surface area is 357 Å². The predicted octanol–water partition coefficient (Wildman–Crippen LogP) is 3.93. The molecule has 16 heteroatoms. The lowest BCUT2D eigenvalue weighted by molar-refractivity contribution is -0.303. The monoisotopic (exact) mass is 854 g/mol. The number of nitrogens with one attached hydrogen (secondary N) is 3. The molecule has 1 heterocycles. The quantitative estimate of drug-likeness (QED) is 0.0280. The molecule has 0 saturated carbocycles. The SMILES string of the molecule is CCCCCCCCCCCCCC[C@@H](C)[C@@H](O)[C@H](CO[C@H]1OC(CO)[C@H](O)[C@H](O)C1O)NC(=O)OCc1ccc(NC(=O)[C@H](CCCNN)CC(=O)[C@@H](N)C(C)C)cc1. The number of rotatable bonds is 32. The predicted molar refractivity (Wildman–Crippen MR) is 230 cm³/mol. The average molecular weight is 854 g/mol.